The second-order valence-corrected chi connectivity index (χ2v) is 5.61. The first-order chi connectivity index (χ1) is 9.01. The van der Waals surface area contributed by atoms with Gasteiger partial charge in [-0.15, -0.1) is 11.6 Å². The van der Waals surface area contributed by atoms with Crippen LogP contribution < -0.4 is 0 Å². The lowest BCUT2D eigenvalue weighted by atomic mass is 10.1. The maximum atomic E-state index is 12.4. The second-order valence-electron chi connectivity index (χ2n) is 4.90. The number of aryl methyl sites for hydroxylation is 1. The largest absolute Gasteiger partial charge is 0.370 e. The molecule has 19 heavy (non-hydrogen) atoms. The molecule has 2 rings (SSSR count). The molecule has 1 fully saturated rings. The summed E-state index contributed by atoms with van der Waals surface area (Å²) >= 11 is 11.9. The molecule has 0 N–H and O–H groups in total. The minimum atomic E-state index is -0.102. The summed E-state index contributed by atoms with van der Waals surface area (Å²) in [6, 6.07) is 5.38. The molecule has 0 bridgehead atoms. The average Bonchev–Trinajstić information content (AvgIpc) is 2.40. The molecule has 0 aliphatic carbocycles. The Kier molecular flexibility index (Phi) is 4.71. The molecule has 2 unspecified atom stereocenters. The fourth-order valence-electron chi connectivity index (χ4n) is 2.20. The van der Waals surface area contributed by atoms with Gasteiger partial charge < -0.3 is 9.64 Å². The van der Waals surface area contributed by atoms with Crippen molar-refractivity contribution in [2.45, 2.75) is 26.1 Å². The van der Waals surface area contributed by atoms with Crippen molar-refractivity contribution in [2.24, 2.45) is 0 Å². The van der Waals surface area contributed by atoms with Crippen LogP contribution in [-0.4, -0.2) is 42.0 Å². The minimum Gasteiger partial charge on any atom is -0.370 e. The van der Waals surface area contributed by atoms with Crippen LogP contribution in [0.4, 0.5) is 0 Å². The van der Waals surface area contributed by atoms with Gasteiger partial charge in [0.2, 0.25) is 0 Å². The van der Waals surface area contributed by atoms with Crippen LogP contribution in [0.5, 0.6) is 0 Å². The van der Waals surface area contributed by atoms with Gasteiger partial charge in [0.05, 0.1) is 18.1 Å². The third kappa shape index (κ3) is 3.41. The van der Waals surface area contributed by atoms with E-state index in [0.717, 1.165) is 5.56 Å². The third-order valence-corrected chi connectivity index (χ3v) is 3.96. The minimum absolute atomic E-state index is 0.00219. The molecule has 0 aromatic heterocycles. The Labute approximate surface area is 123 Å². The van der Waals surface area contributed by atoms with Gasteiger partial charge in [-0.2, -0.15) is 0 Å². The number of alkyl halides is 1. The molecule has 2 atom stereocenters. The molecular weight excluding hydrogens is 285 g/mol. The summed E-state index contributed by atoms with van der Waals surface area (Å²) in [7, 11) is 0. The highest BCUT2D eigenvalue weighted by Gasteiger charge is 2.28. The van der Waals surface area contributed by atoms with Crippen molar-refractivity contribution in [2.75, 3.05) is 19.0 Å². The van der Waals surface area contributed by atoms with E-state index in [0.29, 0.717) is 29.6 Å². The molecule has 104 valence electrons. The van der Waals surface area contributed by atoms with Gasteiger partial charge in [0.1, 0.15) is 0 Å². The number of nitrogens with zero attached hydrogens (tertiary/aromatic N) is 1. The molecule has 1 aliphatic rings. The summed E-state index contributed by atoms with van der Waals surface area (Å²) in [5.74, 6) is 0.370. The molecule has 3 nitrogen and oxygen atoms in total. The topological polar surface area (TPSA) is 29.5 Å². The highest BCUT2D eigenvalue weighted by Crippen LogP contribution is 2.20. The third-order valence-electron chi connectivity index (χ3n) is 3.20. The van der Waals surface area contributed by atoms with E-state index in [-0.39, 0.29) is 18.1 Å². The van der Waals surface area contributed by atoms with Crippen molar-refractivity contribution < 1.29 is 9.53 Å². The fraction of sp³-hybridized carbons (Fsp3) is 0.500. The van der Waals surface area contributed by atoms with E-state index in [1.807, 2.05) is 19.9 Å². The van der Waals surface area contributed by atoms with Gasteiger partial charge in [-0.05, 0) is 31.5 Å². The number of hydrogen-bond acceptors (Lipinski definition) is 2. The van der Waals surface area contributed by atoms with Crippen LogP contribution in [0, 0.1) is 6.92 Å². The predicted octanol–water partition coefficient (Wildman–Crippen LogP) is 3.12. The number of benzene rings is 1. The fourth-order valence-corrected chi connectivity index (χ4v) is 2.56. The molecule has 0 saturated carbocycles. The maximum Gasteiger partial charge on any atom is 0.254 e. The molecular formula is C14H17Cl2NO2. The smallest absolute Gasteiger partial charge is 0.254 e. The summed E-state index contributed by atoms with van der Waals surface area (Å²) in [4.78, 5) is 14.2. The van der Waals surface area contributed by atoms with Crippen LogP contribution >= 0.6 is 23.2 Å². The van der Waals surface area contributed by atoms with E-state index in [1.54, 1.807) is 17.0 Å². The lowest BCUT2D eigenvalue weighted by Gasteiger charge is -2.36. The zero-order valence-corrected chi connectivity index (χ0v) is 12.5. The van der Waals surface area contributed by atoms with E-state index < -0.39 is 0 Å². The number of hydrogen-bond donors (Lipinski definition) is 0. The van der Waals surface area contributed by atoms with E-state index in [1.165, 1.54) is 0 Å². The van der Waals surface area contributed by atoms with Crippen LogP contribution in [0.3, 0.4) is 0 Å². The Bertz CT molecular complexity index is 479. The number of morpholine rings is 1. The van der Waals surface area contributed by atoms with Crippen molar-refractivity contribution >= 4 is 29.1 Å². The summed E-state index contributed by atoms with van der Waals surface area (Å²) in [6.45, 7) is 4.97. The molecule has 1 saturated heterocycles. The number of rotatable bonds is 2. The highest BCUT2D eigenvalue weighted by atomic mass is 35.5. The number of carbonyl (C=O) groups is 1. The highest BCUT2D eigenvalue weighted by molar-refractivity contribution is 6.31. The van der Waals surface area contributed by atoms with Gasteiger partial charge in [-0.25, -0.2) is 0 Å². The van der Waals surface area contributed by atoms with Crippen molar-refractivity contribution in [1.29, 1.82) is 0 Å². The van der Waals surface area contributed by atoms with Crippen LogP contribution in [0.25, 0.3) is 0 Å². The number of amides is 1. The van der Waals surface area contributed by atoms with Crippen molar-refractivity contribution in [1.82, 2.24) is 4.90 Å². The van der Waals surface area contributed by atoms with E-state index in [2.05, 4.69) is 0 Å². The molecule has 5 heteroatoms. The SMILES string of the molecule is Cc1ccc(C(=O)N2CC(C)OC(CCl)C2)cc1Cl. The van der Waals surface area contributed by atoms with Gasteiger partial charge in [-0.1, -0.05) is 17.7 Å². The van der Waals surface area contributed by atoms with E-state index >= 15 is 0 Å². The van der Waals surface area contributed by atoms with Crippen LogP contribution in [0.1, 0.15) is 22.8 Å². The molecule has 0 radical (unpaired) electrons. The van der Waals surface area contributed by atoms with Crippen molar-refractivity contribution in [3.8, 4) is 0 Å². The van der Waals surface area contributed by atoms with Gasteiger partial charge in [-0.3, -0.25) is 4.79 Å². The Morgan fingerprint density at radius 2 is 2.21 bits per heavy atom. The van der Waals surface area contributed by atoms with Gasteiger partial charge >= 0.3 is 0 Å². The van der Waals surface area contributed by atoms with E-state index in [9.17, 15) is 4.79 Å². The van der Waals surface area contributed by atoms with Crippen LogP contribution in [-0.2, 0) is 4.74 Å². The molecule has 1 amide bonds. The molecule has 0 spiro atoms. The van der Waals surface area contributed by atoms with Crippen molar-refractivity contribution in [3.63, 3.8) is 0 Å². The lowest BCUT2D eigenvalue weighted by Crippen LogP contribution is -2.49. The Morgan fingerprint density at radius 3 is 2.84 bits per heavy atom. The molecule has 1 aliphatic heterocycles. The van der Waals surface area contributed by atoms with Crippen LogP contribution in [0.2, 0.25) is 5.02 Å². The van der Waals surface area contributed by atoms with Gasteiger partial charge in [0.15, 0.2) is 0 Å². The zero-order chi connectivity index (χ0) is 14.0. The number of ether oxygens (including phenoxy) is 1. The summed E-state index contributed by atoms with van der Waals surface area (Å²) < 4.78 is 5.64. The molecule has 1 aromatic rings. The number of carbonyl (C=O) groups excluding carboxylic acids is 1. The first-order valence-corrected chi connectivity index (χ1v) is 7.19. The standard InChI is InChI=1S/C14H17Cl2NO2/c1-9-3-4-11(5-13(9)16)14(18)17-7-10(2)19-12(6-15)8-17/h3-5,10,12H,6-8H2,1-2H3. The Hall–Kier alpha value is -0.770. The summed E-state index contributed by atoms with van der Waals surface area (Å²) in [5, 5.41) is 0.612. The quantitative estimate of drug-likeness (QED) is 0.786. The van der Waals surface area contributed by atoms with Gasteiger partial charge in [0.25, 0.3) is 5.91 Å². The summed E-state index contributed by atoms with van der Waals surface area (Å²) in [6.07, 6.45) is -0.0994. The first kappa shape index (κ1) is 14.6. The molecule has 1 aromatic carbocycles. The van der Waals surface area contributed by atoms with Gasteiger partial charge in [0, 0.05) is 23.7 Å². The molecule has 1 heterocycles. The normalized spacial score (nSPS) is 23.5. The maximum absolute atomic E-state index is 12.4. The van der Waals surface area contributed by atoms with Crippen molar-refractivity contribution in [3.05, 3.63) is 34.3 Å². The Morgan fingerprint density at radius 1 is 1.47 bits per heavy atom. The van der Waals surface area contributed by atoms with Crippen LogP contribution in [0.15, 0.2) is 18.2 Å². The summed E-state index contributed by atoms with van der Waals surface area (Å²) in [5.41, 5.74) is 1.57. The zero-order valence-electron chi connectivity index (χ0n) is 11.0. The Balaban J connectivity index is 2.16. The van der Waals surface area contributed by atoms with E-state index in [4.69, 9.17) is 27.9 Å². The lowest BCUT2D eigenvalue weighted by molar-refractivity contribution is -0.0570. The monoisotopic (exact) mass is 301 g/mol. The number of halogens is 2. The predicted molar refractivity (Wildman–Crippen MR) is 77.1 cm³/mol. The second kappa shape index (κ2) is 6.12. The first-order valence-electron chi connectivity index (χ1n) is 6.28. The average molecular weight is 302 g/mol.